The summed E-state index contributed by atoms with van der Waals surface area (Å²) < 4.78 is 0.578. The largest absolute Gasteiger partial charge is 0.481 e. The maximum atomic E-state index is 11.4. The molecule has 19 heavy (non-hydrogen) atoms. The monoisotopic (exact) mass is 340 g/mol. The van der Waals surface area contributed by atoms with Gasteiger partial charge in [0.05, 0.1) is 10.2 Å². The first-order valence-electron chi connectivity index (χ1n) is 5.51. The van der Waals surface area contributed by atoms with Crippen molar-refractivity contribution in [2.24, 2.45) is 0 Å². The second-order valence-corrected chi connectivity index (χ2v) is 5.20. The SMILES string of the molecule is O=C(O)C(Cc1ccccc1Cl)c1ncncc1Br. The van der Waals surface area contributed by atoms with Crippen molar-refractivity contribution >= 4 is 33.5 Å². The third-order valence-electron chi connectivity index (χ3n) is 2.71. The van der Waals surface area contributed by atoms with Gasteiger partial charge in [0.15, 0.2) is 0 Å². The zero-order valence-electron chi connectivity index (χ0n) is 9.75. The van der Waals surface area contributed by atoms with E-state index >= 15 is 0 Å². The summed E-state index contributed by atoms with van der Waals surface area (Å²) in [6.07, 6.45) is 3.15. The summed E-state index contributed by atoms with van der Waals surface area (Å²) in [6.45, 7) is 0. The van der Waals surface area contributed by atoms with Crippen molar-refractivity contribution in [2.75, 3.05) is 0 Å². The van der Waals surface area contributed by atoms with Crippen molar-refractivity contribution in [3.05, 3.63) is 57.5 Å². The number of hydrogen-bond donors (Lipinski definition) is 1. The van der Waals surface area contributed by atoms with E-state index in [-0.39, 0.29) is 6.42 Å². The first-order chi connectivity index (χ1) is 9.09. The van der Waals surface area contributed by atoms with Gasteiger partial charge in [0.2, 0.25) is 0 Å². The van der Waals surface area contributed by atoms with Gasteiger partial charge in [-0.05, 0) is 34.0 Å². The lowest BCUT2D eigenvalue weighted by atomic mass is 9.96. The predicted octanol–water partition coefficient (Wildman–Crippen LogP) is 3.30. The Morgan fingerprint density at radius 3 is 2.79 bits per heavy atom. The molecular formula is C13H10BrClN2O2. The van der Waals surface area contributed by atoms with Crippen molar-refractivity contribution < 1.29 is 9.90 Å². The highest BCUT2D eigenvalue weighted by Crippen LogP contribution is 2.28. The molecule has 0 spiro atoms. The molecule has 0 bridgehead atoms. The number of aliphatic carboxylic acids is 1. The molecule has 0 saturated carbocycles. The van der Waals surface area contributed by atoms with Gasteiger partial charge < -0.3 is 5.11 Å². The molecule has 1 aromatic heterocycles. The fourth-order valence-corrected chi connectivity index (χ4v) is 2.47. The minimum absolute atomic E-state index is 0.282. The number of benzene rings is 1. The minimum atomic E-state index is -0.945. The molecule has 1 aromatic carbocycles. The van der Waals surface area contributed by atoms with Crippen LogP contribution in [0.3, 0.4) is 0 Å². The van der Waals surface area contributed by atoms with Gasteiger partial charge in [-0.3, -0.25) is 4.79 Å². The Bertz CT molecular complexity index is 607. The van der Waals surface area contributed by atoms with E-state index in [2.05, 4.69) is 25.9 Å². The van der Waals surface area contributed by atoms with Gasteiger partial charge in [-0.2, -0.15) is 0 Å². The molecule has 1 unspecified atom stereocenters. The van der Waals surface area contributed by atoms with Gasteiger partial charge in [-0.15, -0.1) is 0 Å². The Balaban J connectivity index is 2.35. The fourth-order valence-electron chi connectivity index (χ4n) is 1.76. The molecule has 98 valence electrons. The van der Waals surface area contributed by atoms with Gasteiger partial charge in [0.25, 0.3) is 0 Å². The summed E-state index contributed by atoms with van der Waals surface area (Å²) >= 11 is 9.34. The zero-order chi connectivity index (χ0) is 13.8. The van der Waals surface area contributed by atoms with E-state index in [0.717, 1.165) is 5.56 Å². The van der Waals surface area contributed by atoms with Crippen LogP contribution in [-0.2, 0) is 11.2 Å². The summed E-state index contributed by atoms with van der Waals surface area (Å²) in [7, 11) is 0. The molecule has 1 N–H and O–H groups in total. The molecule has 6 heteroatoms. The van der Waals surface area contributed by atoms with Gasteiger partial charge >= 0.3 is 5.97 Å². The van der Waals surface area contributed by atoms with Crippen molar-refractivity contribution in [3.8, 4) is 0 Å². The number of carboxylic acid groups (broad SMARTS) is 1. The van der Waals surface area contributed by atoms with E-state index in [0.29, 0.717) is 15.2 Å². The summed E-state index contributed by atoms with van der Waals surface area (Å²) in [4.78, 5) is 19.3. The maximum Gasteiger partial charge on any atom is 0.312 e. The van der Waals surface area contributed by atoms with Crippen LogP contribution in [0.15, 0.2) is 41.3 Å². The second kappa shape index (κ2) is 6.12. The first kappa shape index (κ1) is 14.0. The van der Waals surface area contributed by atoms with Gasteiger partial charge in [0, 0.05) is 11.2 Å². The minimum Gasteiger partial charge on any atom is -0.481 e. The van der Waals surface area contributed by atoms with Crippen molar-refractivity contribution in [1.29, 1.82) is 0 Å². The third kappa shape index (κ3) is 3.30. The van der Waals surface area contributed by atoms with Crippen LogP contribution in [0.4, 0.5) is 0 Å². The molecule has 1 heterocycles. The lowest BCUT2D eigenvalue weighted by Crippen LogP contribution is -2.16. The Morgan fingerprint density at radius 2 is 2.16 bits per heavy atom. The highest BCUT2D eigenvalue weighted by molar-refractivity contribution is 9.10. The highest BCUT2D eigenvalue weighted by atomic mass is 79.9. The summed E-state index contributed by atoms with van der Waals surface area (Å²) in [5.41, 5.74) is 1.23. The Morgan fingerprint density at radius 1 is 1.42 bits per heavy atom. The van der Waals surface area contributed by atoms with E-state index < -0.39 is 11.9 Å². The number of aromatic nitrogens is 2. The third-order valence-corrected chi connectivity index (χ3v) is 3.69. The van der Waals surface area contributed by atoms with Crippen LogP contribution in [0.1, 0.15) is 17.2 Å². The van der Waals surface area contributed by atoms with Crippen LogP contribution in [0, 0.1) is 0 Å². The van der Waals surface area contributed by atoms with Crippen LogP contribution in [-0.4, -0.2) is 21.0 Å². The number of halogens is 2. The number of carboxylic acids is 1. The smallest absolute Gasteiger partial charge is 0.312 e. The quantitative estimate of drug-likeness (QED) is 0.927. The molecule has 0 fully saturated rings. The molecule has 0 radical (unpaired) electrons. The van der Waals surface area contributed by atoms with Crippen molar-refractivity contribution in [1.82, 2.24) is 9.97 Å². The predicted molar refractivity (Wildman–Crippen MR) is 75.3 cm³/mol. The average molecular weight is 342 g/mol. The summed E-state index contributed by atoms with van der Waals surface area (Å²) in [5, 5.41) is 9.93. The van der Waals surface area contributed by atoms with Crippen LogP contribution >= 0.6 is 27.5 Å². The molecule has 0 aliphatic carbocycles. The Labute approximate surface area is 123 Å². The van der Waals surface area contributed by atoms with Gasteiger partial charge in [0.1, 0.15) is 12.2 Å². The molecule has 2 aromatic rings. The number of hydrogen-bond acceptors (Lipinski definition) is 3. The highest BCUT2D eigenvalue weighted by Gasteiger charge is 2.24. The molecule has 0 aliphatic rings. The lowest BCUT2D eigenvalue weighted by Gasteiger charge is -2.13. The van der Waals surface area contributed by atoms with E-state index in [4.69, 9.17) is 11.6 Å². The average Bonchev–Trinajstić information content (AvgIpc) is 2.38. The molecule has 0 aliphatic heterocycles. The van der Waals surface area contributed by atoms with Crippen LogP contribution in [0.2, 0.25) is 5.02 Å². The van der Waals surface area contributed by atoms with Gasteiger partial charge in [-0.1, -0.05) is 29.8 Å². The van der Waals surface area contributed by atoms with E-state index in [1.165, 1.54) is 12.5 Å². The Kier molecular flexibility index (Phi) is 4.50. The molecule has 0 saturated heterocycles. The zero-order valence-corrected chi connectivity index (χ0v) is 12.1. The maximum absolute atomic E-state index is 11.4. The van der Waals surface area contributed by atoms with Crippen LogP contribution < -0.4 is 0 Å². The number of carbonyl (C=O) groups is 1. The van der Waals surface area contributed by atoms with E-state index in [1.54, 1.807) is 6.07 Å². The molecule has 4 nitrogen and oxygen atoms in total. The topological polar surface area (TPSA) is 63.1 Å². The normalized spacial score (nSPS) is 12.1. The Hall–Kier alpha value is -1.46. The van der Waals surface area contributed by atoms with Crippen LogP contribution in [0.5, 0.6) is 0 Å². The number of nitrogens with zero attached hydrogens (tertiary/aromatic N) is 2. The van der Waals surface area contributed by atoms with E-state index in [1.807, 2.05) is 18.2 Å². The summed E-state index contributed by atoms with van der Waals surface area (Å²) in [5.74, 6) is -1.71. The number of rotatable bonds is 4. The first-order valence-corrected chi connectivity index (χ1v) is 6.68. The molecule has 0 amide bonds. The van der Waals surface area contributed by atoms with Crippen LogP contribution in [0.25, 0.3) is 0 Å². The fraction of sp³-hybridized carbons (Fsp3) is 0.154. The molecule has 2 rings (SSSR count). The standard InChI is InChI=1S/C13H10BrClN2O2/c14-10-6-16-7-17-12(10)9(13(18)19)5-8-3-1-2-4-11(8)15/h1-4,6-7,9H,5H2,(H,18,19). The molecular weight excluding hydrogens is 332 g/mol. The summed E-state index contributed by atoms with van der Waals surface area (Å²) in [6, 6.07) is 7.19. The second-order valence-electron chi connectivity index (χ2n) is 3.94. The van der Waals surface area contributed by atoms with Crippen molar-refractivity contribution in [3.63, 3.8) is 0 Å². The lowest BCUT2D eigenvalue weighted by molar-refractivity contribution is -0.138. The van der Waals surface area contributed by atoms with Gasteiger partial charge in [-0.25, -0.2) is 9.97 Å². The molecule has 1 atom stereocenters. The van der Waals surface area contributed by atoms with Crippen molar-refractivity contribution in [2.45, 2.75) is 12.3 Å². The van der Waals surface area contributed by atoms with E-state index in [9.17, 15) is 9.90 Å².